The van der Waals surface area contributed by atoms with Crippen LogP contribution in [0.1, 0.15) is 17.3 Å². The number of carbonyl (C=O) groups is 1. The monoisotopic (exact) mass is 315 g/mol. The minimum Gasteiger partial charge on any atom is -0.494 e. The quantitative estimate of drug-likeness (QED) is 0.740. The van der Waals surface area contributed by atoms with Crippen molar-refractivity contribution in [2.24, 2.45) is 0 Å². The van der Waals surface area contributed by atoms with Gasteiger partial charge in [0.05, 0.1) is 17.2 Å². The van der Waals surface area contributed by atoms with Gasteiger partial charge in [-0.2, -0.15) is 0 Å². The van der Waals surface area contributed by atoms with E-state index in [1.54, 1.807) is 12.1 Å². The molecule has 0 aliphatic rings. The van der Waals surface area contributed by atoms with Gasteiger partial charge in [-0.05, 0) is 36.8 Å². The lowest BCUT2D eigenvalue weighted by molar-refractivity contribution is 0.0699. The van der Waals surface area contributed by atoms with Crippen LogP contribution in [0.2, 0.25) is 5.02 Å². The van der Waals surface area contributed by atoms with Crippen molar-refractivity contribution in [2.75, 3.05) is 6.61 Å². The van der Waals surface area contributed by atoms with Crippen molar-refractivity contribution in [3.8, 4) is 16.9 Å². The van der Waals surface area contributed by atoms with Crippen molar-refractivity contribution in [1.82, 2.24) is 4.98 Å². The maximum atomic E-state index is 11.3. The normalized spacial score (nSPS) is 10.8. The van der Waals surface area contributed by atoms with Gasteiger partial charge in [0.1, 0.15) is 5.75 Å². The molecule has 0 aliphatic heterocycles. The van der Waals surface area contributed by atoms with E-state index in [-0.39, 0.29) is 5.56 Å². The highest BCUT2D eigenvalue weighted by atomic mass is 35.5. The van der Waals surface area contributed by atoms with Crippen LogP contribution in [0.25, 0.3) is 22.0 Å². The summed E-state index contributed by atoms with van der Waals surface area (Å²) in [5.74, 6) is -0.178. The second-order valence-corrected chi connectivity index (χ2v) is 5.25. The van der Waals surface area contributed by atoms with E-state index in [1.165, 1.54) is 6.20 Å². The molecule has 0 aliphatic carbocycles. The molecular formula is C17H14ClNO3. The molecule has 0 saturated heterocycles. The summed E-state index contributed by atoms with van der Waals surface area (Å²) in [5, 5.41) is 10.4. The molecule has 0 radical (unpaired) electrons. The summed E-state index contributed by atoms with van der Waals surface area (Å²) in [6, 6.07) is 11.1. The Balaban J connectivity index is 2.11. The van der Waals surface area contributed by atoms with Gasteiger partial charge in [-0.15, -0.1) is 0 Å². The zero-order valence-electron chi connectivity index (χ0n) is 11.9. The van der Waals surface area contributed by atoms with Crippen LogP contribution in [0, 0.1) is 0 Å². The molecule has 5 heteroatoms. The summed E-state index contributed by atoms with van der Waals surface area (Å²) >= 11 is 6.33. The Morgan fingerprint density at radius 2 is 2.00 bits per heavy atom. The maximum absolute atomic E-state index is 11.3. The number of halogens is 1. The van der Waals surface area contributed by atoms with Crippen LogP contribution in [0.3, 0.4) is 0 Å². The van der Waals surface area contributed by atoms with Crippen molar-refractivity contribution < 1.29 is 14.6 Å². The van der Waals surface area contributed by atoms with Crippen LogP contribution < -0.4 is 4.74 Å². The lowest BCUT2D eigenvalue weighted by Crippen LogP contribution is -1.94. The Labute approximate surface area is 132 Å². The number of benzene rings is 2. The standard InChI is InChI=1S/C17H14ClNO3/c1-2-22-11-5-3-10(4-6-11)12-7-13-14(17(20)21)9-19-16(13)8-15(12)18/h3-9,19H,2H2,1H3,(H,20,21). The number of fused-ring (bicyclic) bond motifs is 1. The second-order valence-electron chi connectivity index (χ2n) is 4.84. The van der Waals surface area contributed by atoms with Crippen molar-refractivity contribution in [2.45, 2.75) is 6.92 Å². The number of rotatable bonds is 4. The van der Waals surface area contributed by atoms with Crippen LogP contribution in [-0.4, -0.2) is 22.7 Å². The van der Waals surface area contributed by atoms with Gasteiger partial charge >= 0.3 is 5.97 Å². The summed E-state index contributed by atoms with van der Waals surface area (Å²) < 4.78 is 5.42. The van der Waals surface area contributed by atoms with Gasteiger partial charge in [-0.25, -0.2) is 4.79 Å². The van der Waals surface area contributed by atoms with Gasteiger partial charge in [0.2, 0.25) is 0 Å². The average Bonchev–Trinajstić information content (AvgIpc) is 2.90. The van der Waals surface area contributed by atoms with Gasteiger partial charge in [0, 0.05) is 22.7 Å². The fraction of sp³-hybridized carbons (Fsp3) is 0.118. The summed E-state index contributed by atoms with van der Waals surface area (Å²) in [6.45, 7) is 2.54. The number of nitrogens with one attached hydrogen (secondary N) is 1. The van der Waals surface area contributed by atoms with Gasteiger partial charge < -0.3 is 14.8 Å². The number of hydrogen-bond acceptors (Lipinski definition) is 2. The average molecular weight is 316 g/mol. The molecule has 1 heterocycles. The van der Waals surface area contributed by atoms with Crippen LogP contribution in [0.15, 0.2) is 42.6 Å². The van der Waals surface area contributed by atoms with Crippen molar-refractivity contribution in [3.05, 3.63) is 53.2 Å². The smallest absolute Gasteiger partial charge is 0.337 e. The number of aromatic amines is 1. The lowest BCUT2D eigenvalue weighted by atomic mass is 10.0. The fourth-order valence-electron chi connectivity index (χ4n) is 2.44. The summed E-state index contributed by atoms with van der Waals surface area (Å²) in [7, 11) is 0. The van der Waals surface area contributed by atoms with E-state index in [2.05, 4.69) is 4.98 Å². The number of aromatic nitrogens is 1. The molecule has 4 nitrogen and oxygen atoms in total. The first-order chi connectivity index (χ1) is 10.6. The Kier molecular flexibility index (Phi) is 3.77. The number of carboxylic acid groups (broad SMARTS) is 1. The molecule has 1 aromatic heterocycles. The summed E-state index contributed by atoms with van der Waals surface area (Å²) in [4.78, 5) is 14.2. The molecule has 3 rings (SSSR count). The third kappa shape index (κ3) is 2.53. The second kappa shape index (κ2) is 5.73. The van der Waals surface area contributed by atoms with Gasteiger partial charge in [-0.3, -0.25) is 0 Å². The van der Waals surface area contributed by atoms with Gasteiger partial charge in [0.25, 0.3) is 0 Å². The Hall–Kier alpha value is -2.46. The Morgan fingerprint density at radius 1 is 1.27 bits per heavy atom. The summed E-state index contributed by atoms with van der Waals surface area (Å²) in [6.07, 6.45) is 1.48. The highest BCUT2D eigenvalue weighted by Gasteiger charge is 2.14. The maximum Gasteiger partial charge on any atom is 0.337 e. The van der Waals surface area contributed by atoms with E-state index in [0.29, 0.717) is 22.5 Å². The molecule has 0 atom stereocenters. The number of H-pyrrole nitrogens is 1. The Bertz CT molecular complexity index is 837. The highest BCUT2D eigenvalue weighted by molar-refractivity contribution is 6.34. The zero-order chi connectivity index (χ0) is 15.7. The largest absolute Gasteiger partial charge is 0.494 e. The highest BCUT2D eigenvalue weighted by Crippen LogP contribution is 2.34. The molecule has 2 aromatic carbocycles. The molecule has 0 amide bonds. The first-order valence-electron chi connectivity index (χ1n) is 6.87. The molecule has 0 spiro atoms. The predicted molar refractivity (Wildman–Crippen MR) is 86.9 cm³/mol. The third-order valence-corrected chi connectivity index (χ3v) is 3.79. The van der Waals surface area contributed by atoms with E-state index in [4.69, 9.17) is 16.3 Å². The lowest BCUT2D eigenvalue weighted by Gasteiger charge is -2.08. The van der Waals surface area contributed by atoms with Crippen molar-refractivity contribution in [3.63, 3.8) is 0 Å². The molecule has 112 valence electrons. The predicted octanol–water partition coefficient (Wildman–Crippen LogP) is 4.59. The molecule has 0 unspecified atom stereocenters. The zero-order valence-corrected chi connectivity index (χ0v) is 12.6. The summed E-state index contributed by atoms with van der Waals surface area (Å²) in [5.41, 5.74) is 2.64. The van der Waals surface area contributed by atoms with Crippen LogP contribution in [0.5, 0.6) is 5.75 Å². The Morgan fingerprint density at radius 3 is 2.64 bits per heavy atom. The third-order valence-electron chi connectivity index (χ3n) is 3.48. The van der Waals surface area contributed by atoms with E-state index in [9.17, 15) is 9.90 Å². The minimum atomic E-state index is -0.966. The molecule has 0 bridgehead atoms. The minimum absolute atomic E-state index is 0.235. The van der Waals surface area contributed by atoms with Crippen LogP contribution in [-0.2, 0) is 0 Å². The fourth-order valence-corrected chi connectivity index (χ4v) is 2.71. The van der Waals surface area contributed by atoms with Crippen LogP contribution >= 0.6 is 11.6 Å². The molecule has 2 N–H and O–H groups in total. The number of carboxylic acids is 1. The van der Waals surface area contributed by atoms with Gasteiger partial charge in [0.15, 0.2) is 0 Å². The van der Waals surface area contributed by atoms with Crippen molar-refractivity contribution in [1.29, 1.82) is 0 Å². The molecule has 0 fully saturated rings. The first kappa shape index (κ1) is 14.5. The SMILES string of the molecule is CCOc1ccc(-c2cc3c(C(=O)O)c[nH]c3cc2Cl)cc1. The molecule has 0 saturated carbocycles. The van der Waals surface area contributed by atoms with Crippen LogP contribution in [0.4, 0.5) is 0 Å². The number of aromatic carboxylic acids is 1. The molecular weight excluding hydrogens is 302 g/mol. The topological polar surface area (TPSA) is 62.3 Å². The first-order valence-corrected chi connectivity index (χ1v) is 7.25. The molecule has 22 heavy (non-hydrogen) atoms. The van der Waals surface area contributed by atoms with E-state index in [1.807, 2.05) is 31.2 Å². The van der Waals surface area contributed by atoms with E-state index >= 15 is 0 Å². The number of ether oxygens (including phenoxy) is 1. The van der Waals surface area contributed by atoms with Gasteiger partial charge in [-0.1, -0.05) is 23.7 Å². The molecule has 3 aromatic rings. The van der Waals surface area contributed by atoms with Crippen molar-refractivity contribution >= 4 is 28.5 Å². The number of hydrogen-bond donors (Lipinski definition) is 2. The van der Waals surface area contributed by atoms with E-state index in [0.717, 1.165) is 16.9 Å². The van der Waals surface area contributed by atoms with E-state index < -0.39 is 5.97 Å².